The van der Waals surface area contributed by atoms with Crippen LogP contribution in [0.15, 0.2) is 42.5 Å². The molecule has 138 valence electrons. The molecule has 0 spiro atoms. The zero-order valence-corrected chi connectivity index (χ0v) is 14.8. The van der Waals surface area contributed by atoms with Crippen LogP contribution in [0.4, 0.5) is 25.8 Å². The summed E-state index contributed by atoms with van der Waals surface area (Å²) >= 11 is 0. The maximum Gasteiger partial charge on any atom is 0.246 e. The van der Waals surface area contributed by atoms with Crippen LogP contribution < -0.4 is 15.5 Å². The number of nitrogens with zero attached hydrogens (tertiary/aromatic N) is 1. The molecule has 1 saturated heterocycles. The molecular weight excluding hydrogens is 336 g/mol. The van der Waals surface area contributed by atoms with E-state index in [-0.39, 0.29) is 5.69 Å². The number of benzene rings is 2. The minimum absolute atomic E-state index is 0.0366. The first-order valence-electron chi connectivity index (χ1n) is 8.90. The minimum atomic E-state index is -0.795. The number of nitrogens with one attached hydrogen (secondary N) is 2. The average Bonchev–Trinajstić information content (AvgIpc) is 2.65. The lowest BCUT2D eigenvalue weighted by atomic mass is 10.1. The Morgan fingerprint density at radius 1 is 1.04 bits per heavy atom. The molecule has 0 aliphatic carbocycles. The number of anilines is 3. The molecule has 2 aromatic rings. The van der Waals surface area contributed by atoms with E-state index in [1.807, 2.05) is 24.3 Å². The molecule has 4 nitrogen and oxygen atoms in total. The molecule has 1 atom stereocenters. The average molecular weight is 359 g/mol. The van der Waals surface area contributed by atoms with E-state index in [1.165, 1.54) is 31.0 Å². The highest BCUT2D eigenvalue weighted by Gasteiger charge is 2.16. The Hall–Kier alpha value is -2.63. The van der Waals surface area contributed by atoms with E-state index in [0.29, 0.717) is 0 Å². The van der Waals surface area contributed by atoms with E-state index in [1.54, 1.807) is 6.92 Å². The maximum atomic E-state index is 13.6. The minimum Gasteiger partial charge on any atom is -0.374 e. The quantitative estimate of drug-likeness (QED) is 0.832. The van der Waals surface area contributed by atoms with Crippen molar-refractivity contribution >= 4 is 23.0 Å². The van der Waals surface area contributed by atoms with Crippen molar-refractivity contribution in [1.29, 1.82) is 0 Å². The Balaban J connectivity index is 1.58. The fourth-order valence-electron chi connectivity index (χ4n) is 3.07. The highest BCUT2D eigenvalue weighted by molar-refractivity contribution is 5.96. The summed E-state index contributed by atoms with van der Waals surface area (Å²) in [5.41, 5.74) is 1.96. The van der Waals surface area contributed by atoms with E-state index >= 15 is 0 Å². The van der Waals surface area contributed by atoms with E-state index < -0.39 is 23.6 Å². The number of amides is 1. The van der Waals surface area contributed by atoms with Gasteiger partial charge in [0.25, 0.3) is 0 Å². The summed E-state index contributed by atoms with van der Waals surface area (Å²) in [7, 11) is 0. The number of hydrogen-bond donors (Lipinski definition) is 2. The molecule has 1 fully saturated rings. The fourth-order valence-corrected chi connectivity index (χ4v) is 3.07. The van der Waals surface area contributed by atoms with Gasteiger partial charge in [0.2, 0.25) is 5.91 Å². The molecule has 3 rings (SSSR count). The van der Waals surface area contributed by atoms with Crippen LogP contribution in [0.1, 0.15) is 26.2 Å². The first kappa shape index (κ1) is 18.2. The lowest BCUT2D eigenvalue weighted by Gasteiger charge is -2.29. The van der Waals surface area contributed by atoms with Crippen molar-refractivity contribution < 1.29 is 13.6 Å². The van der Waals surface area contributed by atoms with Crippen LogP contribution in [-0.2, 0) is 4.79 Å². The molecule has 26 heavy (non-hydrogen) atoms. The summed E-state index contributed by atoms with van der Waals surface area (Å²) in [4.78, 5) is 14.6. The van der Waals surface area contributed by atoms with Crippen molar-refractivity contribution in [3.63, 3.8) is 0 Å². The van der Waals surface area contributed by atoms with Crippen LogP contribution in [0.25, 0.3) is 0 Å². The molecule has 0 saturated carbocycles. The van der Waals surface area contributed by atoms with Crippen LogP contribution in [0.5, 0.6) is 0 Å². The molecular formula is C20H23F2N3O. The van der Waals surface area contributed by atoms with Crippen LogP contribution in [0.2, 0.25) is 0 Å². The molecule has 0 unspecified atom stereocenters. The third-order valence-corrected chi connectivity index (χ3v) is 4.55. The molecule has 0 aromatic heterocycles. The van der Waals surface area contributed by atoms with Gasteiger partial charge in [0, 0.05) is 30.5 Å². The topological polar surface area (TPSA) is 44.4 Å². The molecule has 1 heterocycles. The van der Waals surface area contributed by atoms with Crippen molar-refractivity contribution in [2.45, 2.75) is 32.2 Å². The number of carbonyl (C=O) groups excluding carboxylic acids is 1. The molecule has 0 radical (unpaired) electrons. The highest BCUT2D eigenvalue weighted by Crippen LogP contribution is 2.22. The molecule has 0 bridgehead atoms. The number of halogens is 2. The summed E-state index contributed by atoms with van der Waals surface area (Å²) in [6.07, 6.45) is 3.73. The molecule has 1 aliphatic rings. The number of carbonyl (C=O) groups is 1. The van der Waals surface area contributed by atoms with Crippen molar-refractivity contribution in [2.75, 3.05) is 28.6 Å². The third kappa shape index (κ3) is 4.50. The normalized spacial score (nSPS) is 15.4. The van der Waals surface area contributed by atoms with Crippen molar-refractivity contribution in [3.05, 3.63) is 54.1 Å². The zero-order valence-electron chi connectivity index (χ0n) is 14.8. The van der Waals surface area contributed by atoms with Gasteiger partial charge in [-0.3, -0.25) is 4.79 Å². The van der Waals surface area contributed by atoms with Gasteiger partial charge in [-0.1, -0.05) is 0 Å². The summed E-state index contributed by atoms with van der Waals surface area (Å²) in [6.45, 7) is 3.85. The summed E-state index contributed by atoms with van der Waals surface area (Å²) in [5, 5.41) is 5.56. The molecule has 1 aliphatic heterocycles. The van der Waals surface area contributed by atoms with Gasteiger partial charge in [0.1, 0.15) is 17.7 Å². The van der Waals surface area contributed by atoms with E-state index in [2.05, 4.69) is 15.5 Å². The summed E-state index contributed by atoms with van der Waals surface area (Å²) in [5.74, 6) is -1.87. The summed E-state index contributed by atoms with van der Waals surface area (Å²) in [6, 6.07) is 10.4. The van der Waals surface area contributed by atoms with E-state index in [9.17, 15) is 13.6 Å². The van der Waals surface area contributed by atoms with Gasteiger partial charge in [0.15, 0.2) is 0 Å². The number of rotatable bonds is 5. The fraction of sp³-hybridized carbons (Fsp3) is 0.350. The van der Waals surface area contributed by atoms with Gasteiger partial charge in [-0.25, -0.2) is 8.78 Å². The summed E-state index contributed by atoms with van der Waals surface area (Å²) < 4.78 is 26.6. The predicted molar refractivity (Wildman–Crippen MR) is 101 cm³/mol. The maximum absolute atomic E-state index is 13.6. The molecule has 6 heteroatoms. The Labute approximate surface area is 152 Å². The molecule has 2 N–H and O–H groups in total. The first-order valence-corrected chi connectivity index (χ1v) is 8.90. The monoisotopic (exact) mass is 359 g/mol. The molecule has 1 amide bonds. The van der Waals surface area contributed by atoms with Crippen LogP contribution >= 0.6 is 0 Å². The van der Waals surface area contributed by atoms with Crippen LogP contribution in [0, 0.1) is 11.6 Å². The molecule has 2 aromatic carbocycles. The lowest BCUT2D eigenvalue weighted by molar-refractivity contribution is -0.116. The predicted octanol–water partition coefficient (Wildman–Crippen LogP) is 4.39. The van der Waals surface area contributed by atoms with Crippen molar-refractivity contribution in [1.82, 2.24) is 0 Å². The second-order valence-corrected chi connectivity index (χ2v) is 6.57. The van der Waals surface area contributed by atoms with Gasteiger partial charge in [-0.2, -0.15) is 0 Å². The van der Waals surface area contributed by atoms with Crippen LogP contribution in [0.3, 0.4) is 0 Å². The van der Waals surface area contributed by atoms with Crippen molar-refractivity contribution in [3.8, 4) is 0 Å². The Morgan fingerprint density at radius 2 is 1.73 bits per heavy atom. The smallest absolute Gasteiger partial charge is 0.246 e. The lowest BCUT2D eigenvalue weighted by Crippen LogP contribution is -2.32. The highest BCUT2D eigenvalue weighted by atomic mass is 19.1. The van der Waals surface area contributed by atoms with Gasteiger partial charge in [-0.05, 0) is 62.6 Å². The number of hydrogen-bond acceptors (Lipinski definition) is 3. The van der Waals surface area contributed by atoms with Crippen molar-refractivity contribution in [2.24, 2.45) is 0 Å². The van der Waals surface area contributed by atoms with Gasteiger partial charge < -0.3 is 15.5 Å². The van der Waals surface area contributed by atoms with Gasteiger partial charge in [-0.15, -0.1) is 0 Å². The third-order valence-electron chi connectivity index (χ3n) is 4.55. The second kappa shape index (κ2) is 8.17. The zero-order chi connectivity index (χ0) is 18.5. The van der Waals surface area contributed by atoms with Gasteiger partial charge >= 0.3 is 0 Å². The Morgan fingerprint density at radius 3 is 2.38 bits per heavy atom. The first-order chi connectivity index (χ1) is 12.5. The number of piperidine rings is 1. The van der Waals surface area contributed by atoms with Crippen LogP contribution in [-0.4, -0.2) is 25.0 Å². The van der Waals surface area contributed by atoms with E-state index in [0.717, 1.165) is 30.9 Å². The standard InChI is InChI=1S/C20H23F2N3O/c1-14(20(26)24-19-10-5-15(21)13-18(19)22)23-16-6-8-17(9-7-16)25-11-3-2-4-12-25/h5-10,13-14,23H,2-4,11-12H2,1H3,(H,24,26)/t14-/m1/s1. The Kier molecular flexibility index (Phi) is 5.71. The SMILES string of the molecule is C[C@@H](Nc1ccc(N2CCCCC2)cc1)C(=O)Nc1ccc(F)cc1F. The largest absolute Gasteiger partial charge is 0.374 e. The Bertz CT molecular complexity index is 758. The van der Waals surface area contributed by atoms with Gasteiger partial charge in [0.05, 0.1) is 5.69 Å². The van der Waals surface area contributed by atoms with E-state index in [4.69, 9.17) is 0 Å². The second-order valence-electron chi connectivity index (χ2n) is 6.57.